The number of carboxylic acid groups (broad SMARTS) is 1. The molecule has 0 aromatic rings. The predicted molar refractivity (Wildman–Crippen MR) is 59.7 cm³/mol. The Bertz CT molecular complexity index is 202. The van der Waals surface area contributed by atoms with Gasteiger partial charge < -0.3 is 15.6 Å². The molecule has 0 fully saturated rings. The third-order valence-corrected chi connectivity index (χ3v) is 2.22. The van der Waals surface area contributed by atoms with Gasteiger partial charge in [-0.2, -0.15) is 0 Å². The average molecular weight is 217 g/mol. The fraction of sp³-hybridized carbons (Fsp3) is 0.909. The molecule has 0 spiro atoms. The SMILES string of the molecule is CC(C)CCOC(C)(C)CC(N)C(=O)O. The Morgan fingerprint density at radius 2 is 2.00 bits per heavy atom. The van der Waals surface area contributed by atoms with E-state index >= 15 is 0 Å². The van der Waals surface area contributed by atoms with Gasteiger partial charge in [-0.25, -0.2) is 0 Å². The van der Waals surface area contributed by atoms with Crippen molar-refractivity contribution in [2.24, 2.45) is 11.7 Å². The van der Waals surface area contributed by atoms with E-state index in [2.05, 4.69) is 13.8 Å². The molecule has 15 heavy (non-hydrogen) atoms. The van der Waals surface area contributed by atoms with Crippen LogP contribution >= 0.6 is 0 Å². The third kappa shape index (κ3) is 7.33. The summed E-state index contributed by atoms with van der Waals surface area (Å²) >= 11 is 0. The van der Waals surface area contributed by atoms with E-state index in [-0.39, 0.29) is 0 Å². The summed E-state index contributed by atoms with van der Waals surface area (Å²) in [6.45, 7) is 8.64. The summed E-state index contributed by atoms with van der Waals surface area (Å²) in [6.07, 6.45) is 1.31. The molecule has 0 saturated heterocycles. The quantitative estimate of drug-likeness (QED) is 0.680. The molecule has 0 saturated carbocycles. The minimum atomic E-state index is -0.976. The van der Waals surface area contributed by atoms with Crippen LogP contribution in [0.1, 0.15) is 40.5 Å². The maximum atomic E-state index is 10.6. The van der Waals surface area contributed by atoms with Gasteiger partial charge in [0.2, 0.25) is 0 Å². The summed E-state index contributed by atoms with van der Waals surface area (Å²) in [5.41, 5.74) is 4.99. The highest BCUT2D eigenvalue weighted by molar-refractivity contribution is 5.73. The van der Waals surface area contributed by atoms with Gasteiger partial charge in [-0.05, 0) is 26.2 Å². The van der Waals surface area contributed by atoms with Crippen molar-refractivity contribution in [1.82, 2.24) is 0 Å². The molecule has 4 heteroatoms. The van der Waals surface area contributed by atoms with Crippen molar-refractivity contribution < 1.29 is 14.6 Å². The van der Waals surface area contributed by atoms with Crippen LogP contribution in [0.5, 0.6) is 0 Å². The molecular formula is C11H23NO3. The molecule has 0 amide bonds. The minimum Gasteiger partial charge on any atom is -0.480 e. The van der Waals surface area contributed by atoms with Gasteiger partial charge in [0.25, 0.3) is 0 Å². The van der Waals surface area contributed by atoms with Gasteiger partial charge in [0, 0.05) is 13.0 Å². The lowest BCUT2D eigenvalue weighted by molar-refractivity contribution is -0.140. The maximum absolute atomic E-state index is 10.6. The van der Waals surface area contributed by atoms with Crippen LogP contribution < -0.4 is 5.73 Å². The lowest BCUT2D eigenvalue weighted by Gasteiger charge is -2.27. The zero-order chi connectivity index (χ0) is 12.1. The van der Waals surface area contributed by atoms with E-state index < -0.39 is 17.6 Å². The summed E-state index contributed by atoms with van der Waals surface area (Å²) < 4.78 is 5.62. The summed E-state index contributed by atoms with van der Waals surface area (Å²) in [6, 6.07) is -0.848. The van der Waals surface area contributed by atoms with Gasteiger partial charge in [0.1, 0.15) is 6.04 Å². The predicted octanol–water partition coefficient (Wildman–Crippen LogP) is 1.63. The lowest BCUT2D eigenvalue weighted by atomic mass is 9.99. The minimum absolute atomic E-state index is 0.334. The molecule has 0 aromatic heterocycles. The molecule has 0 aliphatic rings. The fourth-order valence-corrected chi connectivity index (χ4v) is 1.25. The largest absolute Gasteiger partial charge is 0.480 e. The average Bonchev–Trinajstić information content (AvgIpc) is 2.01. The van der Waals surface area contributed by atoms with Gasteiger partial charge in [0.05, 0.1) is 5.60 Å². The van der Waals surface area contributed by atoms with E-state index in [1.165, 1.54) is 0 Å². The van der Waals surface area contributed by atoms with Gasteiger partial charge in [-0.15, -0.1) is 0 Å². The Labute approximate surface area is 91.8 Å². The molecule has 90 valence electrons. The van der Waals surface area contributed by atoms with Gasteiger partial charge in [-0.1, -0.05) is 13.8 Å². The standard InChI is InChI=1S/C11H23NO3/c1-8(2)5-6-15-11(3,4)7-9(12)10(13)14/h8-9H,5-7,12H2,1-4H3,(H,13,14). The van der Waals surface area contributed by atoms with Crippen LogP contribution in [0.4, 0.5) is 0 Å². The number of carboxylic acids is 1. The van der Waals surface area contributed by atoms with Crippen LogP contribution in [0.2, 0.25) is 0 Å². The molecule has 0 heterocycles. The Morgan fingerprint density at radius 1 is 1.47 bits per heavy atom. The summed E-state index contributed by atoms with van der Waals surface area (Å²) in [4.78, 5) is 10.6. The van der Waals surface area contributed by atoms with Gasteiger partial charge in [-0.3, -0.25) is 4.79 Å². The van der Waals surface area contributed by atoms with Crippen LogP contribution in [0.15, 0.2) is 0 Å². The summed E-state index contributed by atoms with van der Waals surface area (Å²) in [7, 11) is 0. The Hall–Kier alpha value is -0.610. The van der Waals surface area contributed by atoms with Gasteiger partial charge in [0.15, 0.2) is 0 Å². The second-order valence-corrected chi connectivity index (χ2v) is 4.94. The maximum Gasteiger partial charge on any atom is 0.320 e. The molecule has 0 bridgehead atoms. The van der Waals surface area contributed by atoms with Crippen molar-refractivity contribution in [2.75, 3.05) is 6.61 Å². The number of rotatable bonds is 7. The summed E-state index contributed by atoms with van der Waals surface area (Å²) in [5.74, 6) is -0.385. The van der Waals surface area contributed by atoms with E-state index in [0.29, 0.717) is 18.9 Å². The number of hydrogen-bond acceptors (Lipinski definition) is 3. The molecule has 0 aliphatic heterocycles. The van der Waals surface area contributed by atoms with Crippen LogP contribution in [-0.4, -0.2) is 29.3 Å². The Morgan fingerprint density at radius 3 is 2.40 bits per heavy atom. The number of nitrogens with two attached hydrogens (primary N) is 1. The first-order valence-corrected chi connectivity index (χ1v) is 5.37. The third-order valence-electron chi connectivity index (χ3n) is 2.22. The zero-order valence-corrected chi connectivity index (χ0v) is 10.1. The first-order valence-electron chi connectivity index (χ1n) is 5.37. The normalized spacial score (nSPS) is 14.3. The molecule has 4 nitrogen and oxygen atoms in total. The van der Waals surface area contributed by atoms with E-state index in [1.807, 2.05) is 13.8 Å². The Balaban J connectivity index is 3.90. The van der Waals surface area contributed by atoms with Crippen molar-refractivity contribution in [3.05, 3.63) is 0 Å². The summed E-state index contributed by atoms with van der Waals surface area (Å²) in [5, 5.41) is 8.68. The van der Waals surface area contributed by atoms with E-state index in [0.717, 1.165) is 6.42 Å². The molecule has 0 aromatic carbocycles. The second-order valence-electron chi connectivity index (χ2n) is 4.94. The first-order chi connectivity index (χ1) is 6.74. The van der Waals surface area contributed by atoms with E-state index in [9.17, 15) is 4.79 Å². The highest BCUT2D eigenvalue weighted by Crippen LogP contribution is 2.17. The number of hydrogen-bond donors (Lipinski definition) is 2. The van der Waals surface area contributed by atoms with Crippen LogP contribution in [0.25, 0.3) is 0 Å². The van der Waals surface area contributed by atoms with Crippen LogP contribution in [0, 0.1) is 5.92 Å². The topological polar surface area (TPSA) is 72.5 Å². The van der Waals surface area contributed by atoms with Crippen LogP contribution in [0.3, 0.4) is 0 Å². The molecule has 0 radical (unpaired) electrons. The van der Waals surface area contributed by atoms with Crippen molar-refractivity contribution in [3.63, 3.8) is 0 Å². The smallest absolute Gasteiger partial charge is 0.320 e. The highest BCUT2D eigenvalue weighted by Gasteiger charge is 2.25. The molecule has 0 aliphatic carbocycles. The molecule has 3 N–H and O–H groups in total. The van der Waals surface area contributed by atoms with Crippen molar-refractivity contribution >= 4 is 5.97 Å². The lowest BCUT2D eigenvalue weighted by Crippen LogP contribution is -2.39. The highest BCUT2D eigenvalue weighted by atomic mass is 16.5. The number of carbonyl (C=O) groups is 1. The van der Waals surface area contributed by atoms with Crippen LogP contribution in [-0.2, 0) is 9.53 Å². The first kappa shape index (κ1) is 14.4. The van der Waals surface area contributed by atoms with E-state index in [4.69, 9.17) is 15.6 Å². The Kier molecular flexibility index (Phi) is 5.83. The monoisotopic (exact) mass is 217 g/mol. The van der Waals surface area contributed by atoms with Gasteiger partial charge >= 0.3 is 5.97 Å². The number of aliphatic carboxylic acids is 1. The number of ether oxygens (including phenoxy) is 1. The zero-order valence-electron chi connectivity index (χ0n) is 10.1. The molecular weight excluding hydrogens is 194 g/mol. The molecule has 1 atom stereocenters. The fourth-order valence-electron chi connectivity index (χ4n) is 1.25. The van der Waals surface area contributed by atoms with Crippen molar-refractivity contribution in [3.8, 4) is 0 Å². The van der Waals surface area contributed by atoms with Crippen molar-refractivity contribution in [1.29, 1.82) is 0 Å². The molecule has 1 unspecified atom stereocenters. The molecule has 0 rings (SSSR count). The second kappa shape index (κ2) is 6.08. The van der Waals surface area contributed by atoms with Crippen molar-refractivity contribution in [2.45, 2.75) is 52.2 Å². The van der Waals surface area contributed by atoms with E-state index in [1.54, 1.807) is 0 Å².